The van der Waals surface area contributed by atoms with Gasteiger partial charge in [-0.15, -0.1) is 0 Å². The highest BCUT2D eigenvalue weighted by Gasteiger charge is 2.21. The van der Waals surface area contributed by atoms with Gasteiger partial charge in [-0.2, -0.15) is 0 Å². The van der Waals surface area contributed by atoms with Crippen molar-refractivity contribution >= 4 is 23.5 Å². The molecule has 0 spiro atoms. The van der Waals surface area contributed by atoms with Crippen LogP contribution in [0.15, 0.2) is 52.3 Å². The lowest BCUT2D eigenvalue weighted by atomic mass is 10.0. The maximum absolute atomic E-state index is 12.2. The SMILES string of the molecule is O=C(O)c1ccc2c(c1)C(=O)Cc1ccccc1S2. The highest BCUT2D eigenvalue weighted by molar-refractivity contribution is 7.99. The molecule has 0 saturated carbocycles. The lowest BCUT2D eigenvalue weighted by Gasteiger charge is -2.05. The molecule has 3 nitrogen and oxygen atoms in total. The number of hydrogen-bond acceptors (Lipinski definition) is 3. The van der Waals surface area contributed by atoms with Gasteiger partial charge in [-0.25, -0.2) is 4.79 Å². The normalized spacial score (nSPS) is 13.4. The summed E-state index contributed by atoms with van der Waals surface area (Å²) in [6.07, 6.45) is 0.319. The fourth-order valence-corrected chi connectivity index (χ4v) is 3.18. The van der Waals surface area contributed by atoms with Gasteiger partial charge in [0, 0.05) is 21.8 Å². The minimum Gasteiger partial charge on any atom is -0.478 e. The highest BCUT2D eigenvalue weighted by atomic mass is 32.2. The lowest BCUT2D eigenvalue weighted by Crippen LogP contribution is -2.05. The number of carboxylic acids is 1. The van der Waals surface area contributed by atoms with Crippen LogP contribution in [0, 0.1) is 0 Å². The third-order valence-corrected chi connectivity index (χ3v) is 4.26. The van der Waals surface area contributed by atoms with E-state index < -0.39 is 5.97 Å². The molecule has 2 aromatic carbocycles. The molecular formula is C15H10O3S. The third kappa shape index (κ3) is 2.15. The smallest absolute Gasteiger partial charge is 0.335 e. The number of fused-ring (bicyclic) bond motifs is 2. The van der Waals surface area contributed by atoms with E-state index in [0.717, 1.165) is 15.4 Å². The topological polar surface area (TPSA) is 54.4 Å². The molecule has 1 aliphatic rings. The average molecular weight is 270 g/mol. The Morgan fingerprint density at radius 2 is 1.89 bits per heavy atom. The second-order valence-electron chi connectivity index (χ2n) is 4.33. The quantitative estimate of drug-likeness (QED) is 0.864. The Kier molecular flexibility index (Phi) is 2.87. The molecule has 94 valence electrons. The second-order valence-corrected chi connectivity index (χ2v) is 5.41. The van der Waals surface area contributed by atoms with Crippen LogP contribution in [0.1, 0.15) is 26.3 Å². The van der Waals surface area contributed by atoms with Gasteiger partial charge in [0.15, 0.2) is 5.78 Å². The first kappa shape index (κ1) is 12.0. The number of carbonyl (C=O) groups is 2. The predicted octanol–water partition coefficient (Wildman–Crippen LogP) is 3.27. The van der Waals surface area contributed by atoms with Gasteiger partial charge < -0.3 is 5.11 Å². The van der Waals surface area contributed by atoms with Gasteiger partial charge >= 0.3 is 5.97 Å². The van der Waals surface area contributed by atoms with Crippen LogP contribution in [0.2, 0.25) is 0 Å². The Morgan fingerprint density at radius 3 is 2.68 bits per heavy atom. The van der Waals surface area contributed by atoms with Gasteiger partial charge in [0.1, 0.15) is 0 Å². The summed E-state index contributed by atoms with van der Waals surface area (Å²) < 4.78 is 0. The van der Waals surface area contributed by atoms with Crippen LogP contribution in [0.3, 0.4) is 0 Å². The maximum Gasteiger partial charge on any atom is 0.335 e. The van der Waals surface area contributed by atoms with Crippen molar-refractivity contribution in [2.45, 2.75) is 16.2 Å². The summed E-state index contributed by atoms with van der Waals surface area (Å²) in [7, 11) is 0. The van der Waals surface area contributed by atoms with Gasteiger partial charge in [-0.05, 0) is 29.8 Å². The fourth-order valence-electron chi connectivity index (χ4n) is 2.11. The first-order chi connectivity index (χ1) is 9.15. The van der Waals surface area contributed by atoms with Crippen molar-refractivity contribution in [2.75, 3.05) is 0 Å². The monoisotopic (exact) mass is 270 g/mol. The molecule has 1 heterocycles. The van der Waals surface area contributed by atoms with Crippen LogP contribution in [0.5, 0.6) is 0 Å². The Bertz CT molecular complexity index is 692. The van der Waals surface area contributed by atoms with E-state index in [9.17, 15) is 9.59 Å². The van der Waals surface area contributed by atoms with Crippen LogP contribution in [-0.4, -0.2) is 16.9 Å². The van der Waals surface area contributed by atoms with E-state index in [2.05, 4.69) is 0 Å². The Balaban J connectivity index is 2.13. The first-order valence-electron chi connectivity index (χ1n) is 5.81. The molecule has 0 amide bonds. The standard InChI is InChI=1S/C15H10O3S/c16-12-8-9-3-1-2-4-13(9)19-14-6-5-10(15(17)18)7-11(12)14/h1-7H,8H2,(H,17,18). The van der Waals surface area contributed by atoms with Crippen molar-refractivity contribution in [3.63, 3.8) is 0 Å². The van der Waals surface area contributed by atoms with Crippen molar-refractivity contribution in [2.24, 2.45) is 0 Å². The number of Topliss-reactive ketones (excluding diaryl/α,β-unsaturated/α-hetero) is 1. The zero-order valence-electron chi connectivity index (χ0n) is 9.92. The molecule has 0 radical (unpaired) electrons. The van der Waals surface area contributed by atoms with Gasteiger partial charge in [0.05, 0.1) is 5.56 Å². The number of aromatic carboxylic acids is 1. The van der Waals surface area contributed by atoms with Crippen molar-refractivity contribution in [3.05, 3.63) is 59.2 Å². The van der Waals surface area contributed by atoms with E-state index in [4.69, 9.17) is 5.11 Å². The molecule has 0 bridgehead atoms. The summed E-state index contributed by atoms with van der Waals surface area (Å²) in [5.41, 5.74) is 1.64. The van der Waals surface area contributed by atoms with E-state index >= 15 is 0 Å². The van der Waals surface area contributed by atoms with Crippen molar-refractivity contribution in [3.8, 4) is 0 Å². The predicted molar refractivity (Wildman–Crippen MR) is 72.0 cm³/mol. The molecule has 0 fully saturated rings. The summed E-state index contributed by atoms with van der Waals surface area (Å²) in [5, 5.41) is 9.00. The number of hydrogen-bond donors (Lipinski definition) is 1. The van der Waals surface area contributed by atoms with Crippen LogP contribution in [0.4, 0.5) is 0 Å². The summed E-state index contributed by atoms with van der Waals surface area (Å²) in [6.45, 7) is 0. The highest BCUT2D eigenvalue weighted by Crippen LogP contribution is 2.37. The minimum atomic E-state index is -1.01. The van der Waals surface area contributed by atoms with Crippen LogP contribution in [0.25, 0.3) is 0 Å². The molecule has 0 aromatic heterocycles. The molecule has 0 atom stereocenters. The second kappa shape index (κ2) is 4.55. The van der Waals surface area contributed by atoms with E-state index in [1.165, 1.54) is 23.9 Å². The van der Waals surface area contributed by atoms with E-state index in [1.54, 1.807) is 6.07 Å². The maximum atomic E-state index is 12.2. The summed E-state index contributed by atoms with van der Waals surface area (Å²) in [6, 6.07) is 12.5. The van der Waals surface area contributed by atoms with E-state index in [0.29, 0.717) is 12.0 Å². The van der Waals surface area contributed by atoms with Crippen LogP contribution < -0.4 is 0 Å². The summed E-state index contributed by atoms with van der Waals surface area (Å²) in [4.78, 5) is 25.1. The molecule has 3 rings (SSSR count). The zero-order chi connectivity index (χ0) is 13.4. The minimum absolute atomic E-state index is 0.0319. The zero-order valence-corrected chi connectivity index (χ0v) is 10.7. The molecule has 19 heavy (non-hydrogen) atoms. The molecule has 0 saturated heterocycles. The Labute approximate surface area is 114 Å². The van der Waals surface area contributed by atoms with E-state index in [1.807, 2.05) is 24.3 Å². The summed E-state index contributed by atoms with van der Waals surface area (Å²) >= 11 is 1.51. The molecule has 0 unspecified atom stereocenters. The number of benzene rings is 2. The molecular weight excluding hydrogens is 260 g/mol. The molecule has 4 heteroatoms. The Hall–Kier alpha value is -2.07. The van der Waals surface area contributed by atoms with Crippen molar-refractivity contribution in [1.82, 2.24) is 0 Å². The number of rotatable bonds is 1. The fraction of sp³-hybridized carbons (Fsp3) is 0.0667. The van der Waals surface area contributed by atoms with E-state index in [-0.39, 0.29) is 11.3 Å². The lowest BCUT2D eigenvalue weighted by molar-refractivity contribution is 0.0697. The van der Waals surface area contributed by atoms with Gasteiger partial charge in [-0.1, -0.05) is 30.0 Å². The Morgan fingerprint density at radius 1 is 1.11 bits per heavy atom. The van der Waals surface area contributed by atoms with Crippen LogP contribution in [-0.2, 0) is 6.42 Å². The van der Waals surface area contributed by atoms with Crippen LogP contribution >= 0.6 is 11.8 Å². The average Bonchev–Trinajstić information content (AvgIpc) is 2.54. The molecule has 2 aromatic rings. The van der Waals surface area contributed by atoms with Crippen molar-refractivity contribution in [1.29, 1.82) is 0 Å². The first-order valence-corrected chi connectivity index (χ1v) is 6.63. The van der Waals surface area contributed by atoms with Gasteiger partial charge in [0.2, 0.25) is 0 Å². The molecule has 1 aliphatic heterocycles. The molecule has 1 N–H and O–H groups in total. The van der Waals surface area contributed by atoms with Gasteiger partial charge in [-0.3, -0.25) is 4.79 Å². The molecule has 0 aliphatic carbocycles. The summed E-state index contributed by atoms with van der Waals surface area (Å²) in [5.74, 6) is -1.04. The van der Waals surface area contributed by atoms with Crippen molar-refractivity contribution < 1.29 is 14.7 Å². The number of carboxylic acid groups (broad SMARTS) is 1. The third-order valence-electron chi connectivity index (χ3n) is 3.07. The van der Waals surface area contributed by atoms with Gasteiger partial charge in [0.25, 0.3) is 0 Å². The largest absolute Gasteiger partial charge is 0.478 e. The number of ketones is 1. The number of carbonyl (C=O) groups excluding carboxylic acids is 1.